The van der Waals surface area contributed by atoms with Gasteiger partial charge in [-0.2, -0.15) is 5.10 Å². The normalized spacial score (nSPS) is 10.8. The smallest absolute Gasteiger partial charge is 0.308 e. The molecule has 0 radical (unpaired) electrons. The van der Waals surface area contributed by atoms with E-state index in [2.05, 4.69) is 25.8 Å². The molecule has 0 fully saturated rings. The standard InChI is InChI=1S/C20H16FN5O2/c1-11-18-16(10-17(27)24-19(18)26-25-11)12-5-7-14(8-6-12)22-20(28)23-15-4-2-3-13(21)9-15/h2-10H,1H3,(H2,22,23,28)(H2,24,25,26,27). The van der Waals surface area contributed by atoms with E-state index in [-0.39, 0.29) is 5.56 Å². The topological polar surface area (TPSA) is 103 Å². The van der Waals surface area contributed by atoms with Crippen LogP contribution in [0.3, 0.4) is 0 Å². The number of rotatable bonds is 3. The monoisotopic (exact) mass is 377 g/mol. The zero-order valence-electron chi connectivity index (χ0n) is 14.8. The summed E-state index contributed by atoms with van der Waals surface area (Å²) in [6.45, 7) is 1.88. The fraction of sp³-hybridized carbons (Fsp3) is 0.0500. The lowest BCUT2D eigenvalue weighted by atomic mass is 10.0. The van der Waals surface area contributed by atoms with Crippen molar-refractivity contribution in [2.75, 3.05) is 10.6 Å². The first-order chi connectivity index (χ1) is 13.5. The molecule has 2 amide bonds. The van der Waals surface area contributed by atoms with E-state index in [0.29, 0.717) is 17.0 Å². The van der Waals surface area contributed by atoms with Crippen LogP contribution in [0.4, 0.5) is 20.6 Å². The number of H-pyrrole nitrogens is 2. The van der Waals surface area contributed by atoms with Gasteiger partial charge in [0.05, 0.1) is 0 Å². The maximum Gasteiger partial charge on any atom is 0.323 e. The molecule has 0 aliphatic carbocycles. The number of carbonyl (C=O) groups excluding carboxylic acids is 1. The van der Waals surface area contributed by atoms with Gasteiger partial charge >= 0.3 is 6.03 Å². The largest absolute Gasteiger partial charge is 0.323 e. The molecule has 0 aliphatic rings. The maximum atomic E-state index is 13.2. The molecule has 140 valence electrons. The minimum absolute atomic E-state index is 0.245. The zero-order chi connectivity index (χ0) is 19.7. The Kier molecular flexibility index (Phi) is 4.36. The van der Waals surface area contributed by atoms with Crippen molar-refractivity contribution in [3.63, 3.8) is 0 Å². The van der Waals surface area contributed by atoms with Crippen LogP contribution < -0.4 is 16.2 Å². The lowest BCUT2D eigenvalue weighted by molar-refractivity contribution is 0.262. The number of aryl methyl sites for hydroxylation is 1. The Labute approximate surface area is 158 Å². The van der Waals surface area contributed by atoms with Crippen molar-refractivity contribution in [2.45, 2.75) is 6.92 Å². The first-order valence-electron chi connectivity index (χ1n) is 8.51. The summed E-state index contributed by atoms with van der Waals surface area (Å²) in [6, 6.07) is 13.7. The molecule has 8 heteroatoms. The number of benzene rings is 2. The lowest BCUT2D eigenvalue weighted by Gasteiger charge is -2.09. The molecular formula is C20H16FN5O2. The van der Waals surface area contributed by atoms with Gasteiger partial charge in [-0.3, -0.25) is 9.89 Å². The third-order valence-corrected chi connectivity index (χ3v) is 4.27. The second-order valence-corrected chi connectivity index (χ2v) is 6.29. The Hall–Kier alpha value is -3.94. The Morgan fingerprint density at radius 3 is 2.54 bits per heavy atom. The van der Waals surface area contributed by atoms with E-state index in [1.54, 1.807) is 30.3 Å². The molecule has 7 nitrogen and oxygen atoms in total. The van der Waals surface area contributed by atoms with Gasteiger partial charge in [0.1, 0.15) is 5.82 Å². The van der Waals surface area contributed by atoms with Crippen molar-refractivity contribution in [1.29, 1.82) is 0 Å². The van der Waals surface area contributed by atoms with E-state index in [9.17, 15) is 14.0 Å². The molecule has 4 aromatic rings. The number of hydrogen-bond donors (Lipinski definition) is 4. The van der Waals surface area contributed by atoms with Gasteiger partial charge in [-0.15, -0.1) is 0 Å². The molecule has 0 spiro atoms. The second-order valence-electron chi connectivity index (χ2n) is 6.29. The van der Waals surface area contributed by atoms with E-state index in [4.69, 9.17) is 0 Å². The highest BCUT2D eigenvalue weighted by Gasteiger charge is 2.11. The van der Waals surface area contributed by atoms with Gasteiger partial charge in [0.2, 0.25) is 5.56 Å². The molecule has 4 N–H and O–H groups in total. The summed E-state index contributed by atoms with van der Waals surface area (Å²) in [5, 5.41) is 13.0. The van der Waals surface area contributed by atoms with E-state index in [1.807, 2.05) is 6.92 Å². The highest BCUT2D eigenvalue weighted by Crippen LogP contribution is 2.28. The molecule has 28 heavy (non-hydrogen) atoms. The summed E-state index contributed by atoms with van der Waals surface area (Å²) in [4.78, 5) is 26.7. The number of pyridine rings is 1. The number of fused-ring (bicyclic) bond motifs is 1. The van der Waals surface area contributed by atoms with Gasteiger partial charge in [0.15, 0.2) is 5.65 Å². The van der Waals surface area contributed by atoms with Crippen LogP contribution in [-0.4, -0.2) is 21.2 Å². The quantitative estimate of drug-likeness (QED) is 0.434. The second kappa shape index (κ2) is 6.99. The first-order valence-corrected chi connectivity index (χ1v) is 8.51. The number of carbonyl (C=O) groups is 1. The number of urea groups is 1. The Balaban J connectivity index is 1.55. The van der Waals surface area contributed by atoms with Crippen LogP contribution >= 0.6 is 0 Å². The molecule has 0 atom stereocenters. The van der Waals surface area contributed by atoms with Gasteiger partial charge in [-0.25, -0.2) is 9.18 Å². The van der Waals surface area contributed by atoms with Crippen molar-refractivity contribution in [3.05, 3.63) is 76.5 Å². The molecule has 0 unspecified atom stereocenters. The van der Waals surface area contributed by atoms with Gasteiger partial charge in [-0.1, -0.05) is 18.2 Å². The van der Waals surface area contributed by atoms with E-state index in [0.717, 1.165) is 22.2 Å². The van der Waals surface area contributed by atoms with Crippen LogP contribution in [0.25, 0.3) is 22.2 Å². The molecule has 4 rings (SSSR count). The molecule has 2 aromatic carbocycles. The van der Waals surface area contributed by atoms with E-state index < -0.39 is 11.8 Å². The fourth-order valence-corrected chi connectivity index (χ4v) is 3.03. The number of amides is 2. The first kappa shape index (κ1) is 17.5. The average molecular weight is 377 g/mol. The molecule has 0 aliphatic heterocycles. The molecule has 2 aromatic heterocycles. The molecule has 0 bridgehead atoms. The predicted molar refractivity (Wildman–Crippen MR) is 106 cm³/mol. The van der Waals surface area contributed by atoms with Gasteiger partial charge in [0, 0.05) is 28.5 Å². The minimum Gasteiger partial charge on any atom is -0.308 e. The van der Waals surface area contributed by atoms with E-state index in [1.165, 1.54) is 24.3 Å². The Morgan fingerprint density at radius 2 is 1.79 bits per heavy atom. The fourth-order valence-electron chi connectivity index (χ4n) is 3.03. The van der Waals surface area contributed by atoms with Crippen molar-refractivity contribution in [2.24, 2.45) is 0 Å². The van der Waals surface area contributed by atoms with Gasteiger partial charge in [0.25, 0.3) is 0 Å². The van der Waals surface area contributed by atoms with Crippen molar-refractivity contribution in [1.82, 2.24) is 15.2 Å². The number of nitrogens with zero attached hydrogens (tertiary/aromatic N) is 1. The molecule has 0 saturated heterocycles. The maximum absolute atomic E-state index is 13.2. The van der Waals surface area contributed by atoms with E-state index >= 15 is 0 Å². The molecule has 0 saturated carbocycles. The van der Waals surface area contributed by atoms with Crippen molar-refractivity contribution in [3.8, 4) is 11.1 Å². The average Bonchev–Trinajstić information content (AvgIpc) is 3.02. The van der Waals surface area contributed by atoms with Crippen LogP contribution in [-0.2, 0) is 0 Å². The number of aromatic nitrogens is 3. The van der Waals surface area contributed by atoms with Crippen molar-refractivity contribution >= 4 is 28.4 Å². The summed E-state index contributed by atoms with van der Waals surface area (Å²) in [5.41, 5.74) is 3.58. The summed E-state index contributed by atoms with van der Waals surface area (Å²) in [5.74, 6) is -0.430. The molecule has 2 heterocycles. The van der Waals surface area contributed by atoms with Crippen LogP contribution in [0.2, 0.25) is 0 Å². The molecular weight excluding hydrogens is 361 g/mol. The van der Waals surface area contributed by atoms with Crippen LogP contribution in [0.1, 0.15) is 5.69 Å². The summed E-state index contributed by atoms with van der Waals surface area (Å²) in [7, 11) is 0. The van der Waals surface area contributed by atoms with Crippen LogP contribution in [0, 0.1) is 12.7 Å². The summed E-state index contributed by atoms with van der Waals surface area (Å²) in [6.07, 6.45) is 0. The summed E-state index contributed by atoms with van der Waals surface area (Å²) >= 11 is 0. The number of halogens is 1. The predicted octanol–water partition coefficient (Wildman–Crippen LogP) is 4.01. The van der Waals surface area contributed by atoms with Gasteiger partial charge in [-0.05, 0) is 48.4 Å². The zero-order valence-corrected chi connectivity index (χ0v) is 14.8. The third-order valence-electron chi connectivity index (χ3n) is 4.27. The number of anilines is 2. The number of hydrogen-bond acceptors (Lipinski definition) is 3. The Morgan fingerprint density at radius 1 is 1.04 bits per heavy atom. The lowest BCUT2D eigenvalue weighted by Crippen LogP contribution is -2.19. The van der Waals surface area contributed by atoms with Crippen LogP contribution in [0.15, 0.2) is 59.4 Å². The Bertz CT molecular complexity index is 1230. The van der Waals surface area contributed by atoms with Crippen molar-refractivity contribution < 1.29 is 9.18 Å². The number of nitrogens with one attached hydrogen (secondary N) is 4. The SMILES string of the molecule is Cc1[nH]nc2[nH]c(=O)cc(-c3ccc(NC(=O)Nc4cccc(F)c4)cc3)c12. The highest BCUT2D eigenvalue weighted by molar-refractivity contribution is 6.00. The minimum atomic E-state index is -0.484. The highest BCUT2D eigenvalue weighted by atomic mass is 19.1. The number of aromatic amines is 2. The van der Waals surface area contributed by atoms with Crippen LogP contribution in [0.5, 0.6) is 0 Å². The van der Waals surface area contributed by atoms with Gasteiger partial charge < -0.3 is 15.6 Å². The third kappa shape index (κ3) is 3.48. The summed E-state index contributed by atoms with van der Waals surface area (Å²) < 4.78 is 13.2.